The minimum Gasteiger partial charge on any atom is -0.459 e. The van der Waals surface area contributed by atoms with Crippen molar-refractivity contribution in [3.8, 4) is 0 Å². The third-order valence-electron chi connectivity index (χ3n) is 7.31. The monoisotopic (exact) mass is 452 g/mol. The summed E-state index contributed by atoms with van der Waals surface area (Å²) >= 11 is 0. The van der Waals surface area contributed by atoms with E-state index in [1.807, 2.05) is 49.3 Å². The normalized spacial score (nSPS) is 33.1. The number of carbonyl (C=O) groups excluding carboxylic acids is 2. The van der Waals surface area contributed by atoms with Crippen molar-refractivity contribution in [3.05, 3.63) is 47.7 Å². The van der Waals surface area contributed by atoms with Crippen LogP contribution in [-0.2, 0) is 19.0 Å². The number of hydrogen-bond acceptors (Lipinski definition) is 6. The lowest BCUT2D eigenvalue weighted by molar-refractivity contribution is -0.145. The SMILES string of the molecule is CN(C)CC1C(=O)O[C@H]2[C@H]1CC/C(COC(=O)c1cc3ccccc3[nH]1)=C\CC[C@@]1(C)O[C@@H]21. The summed E-state index contributed by atoms with van der Waals surface area (Å²) in [6.45, 7) is 3.02. The predicted octanol–water partition coefficient (Wildman–Crippen LogP) is 3.70. The molecule has 1 N–H and O–H groups in total. The van der Waals surface area contributed by atoms with Crippen molar-refractivity contribution in [1.82, 2.24) is 9.88 Å². The number of fused-ring (bicyclic) bond motifs is 4. The number of allylic oxidation sites excluding steroid dienone is 1. The molecule has 7 nitrogen and oxygen atoms in total. The smallest absolute Gasteiger partial charge is 0.355 e. The Bertz CT molecular complexity index is 1060. The molecule has 1 unspecified atom stereocenters. The van der Waals surface area contributed by atoms with E-state index in [-0.39, 0.29) is 48.2 Å². The molecule has 1 aliphatic carbocycles. The maximum Gasteiger partial charge on any atom is 0.355 e. The summed E-state index contributed by atoms with van der Waals surface area (Å²) in [5.41, 5.74) is 2.21. The van der Waals surface area contributed by atoms with E-state index in [1.165, 1.54) is 0 Å². The van der Waals surface area contributed by atoms with Crippen molar-refractivity contribution in [3.63, 3.8) is 0 Å². The van der Waals surface area contributed by atoms with Gasteiger partial charge in [0, 0.05) is 23.4 Å². The summed E-state index contributed by atoms with van der Waals surface area (Å²) in [6.07, 6.45) is 5.25. The number of epoxide rings is 1. The highest BCUT2D eigenvalue weighted by Crippen LogP contribution is 2.50. The number of aromatic amines is 1. The first-order valence-corrected chi connectivity index (χ1v) is 11.8. The Balaban J connectivity index is 1.29. The number of aromatic nitrogens is 1. The molecule has 33 heavy (non-hydrogen) atoms. The molecular weight excluding hydrogens is 420 g/mol. The van der Waals surface area contributed by atoms with E-state index in [0.29, 0.717) is 12.2 Å². The molecule has 2 saturated heterocycles. The summed E-state index contributed by atoms with van der Waals surface area (Å²) in [5.74, 6) is -0.540. The van der Waals surface area contributed by atoms with Crippen molar-refractivity contribution >= 4 is 22.8 Å². The van der Waals surface area contributed by atoms with Crippen LogP contribution in [0.4, 0.5) is 0 Å². The molecule has 5 atom stereocenters. The van der Waals surface area contributed by atoms with E-state index >= 15 is 0 Å². The first-order valence-electron chi connectivity index (χ1n) is 11.8. The number of nitrogens with one attached hydrogen (secondary N) is 1. The van der Waals surface area contributed by atoms with Gasteiger partial charge >= 0.3 is 11.9 Å². The summed E-state index contributed by atoms with van der Waals surface area (Å²) in [6, 6.07) is 9.60. The van der Waals surface area contributed by atoms with Crippen molar-refractivity contribution in [2.45, 2.75) is 50.4 Å². The summed E-state index contributed by atoms with van der Waals surface area (Å²) in [7, 11) is 3.96. The largest absolute Gasteiger partial charge is 0.459 e. The molecule has 0 bridgehead atoms. The zero-order valence-electron chi connectivity index (χ0n) is 19.5. The number of benzene rings is 1. The highest BCUT2D eigenvalue weighted by Gasteiger charge is 2.62. The van der Waals surface area contributed by atoms with Crippen LogP contribution in [0.15, 0.2) is 42.0 Å². The van der Waals surface area contributed by atoms with Gasteiger partial charge in [-0.1, -0.05) is 24.3 Å². The fourth-order valence-electron chi connectivity index (χ4n) is 5.41. The Labute approximate surface area is 194 Å². The van der Waals surface area contributed by atoms with E-state index in [1.54, 1.807) is 0 Å². The van der Waals surface area contributed by atoms with Crippen molar-refractivity contribution in [2.24, 2.45) is 11.8 Å². The molecule has 2 aliphatic heterocycles. The second kappa shape index (κ2) is 8.61. The lowest BCUT2D eigenvalue weighted by Crippen LogP contribution is -2.34. The average molecular weight is 453 g/mol. The lowest BCUT2D eigenvalue weighted by atomic mass is 9.80. The Morgan fingerprint density at radius 3 is 2.91 bits per heavy atom. The van der Waals surface area contributed by atoms with Gasteiger partial charge in [-0.15, -0.1) is 0 Å². The third-order valence-corrected chi connectivity index (χ3v) is 7.31. The topological polar surface area (TPSA) is 84.2 Å². The van der Waals surface area contributed by atoms with E-state index in [2.05, 4.69) is 18.0 Å². The standard InChI is InChI=1S/C26H32N2O5/c1-26-12-6-7-16(15-31-25(30)21-13-17-8-4-5-9-20(17)27-21)10-11-18-19(14-28(2)3)24(29)32-22(18)23(26)33-26/h4-5,7-9,13,18-19,22-23,27H,6,10-12,14-15H2,1-3H3/b16-7+/t18-,19?,22-,23-,26+/m0/s1. The number of H-pyrrole nitrogens is 1. The first kappa shape index (κ1) is 22.2. The Kier molecular flexibility index (Phi) is 5.79. The summed E-state index contributed by atoms with van der Waals surface area (Å²) < 4.78 is 17.6. The quantitative estimate of drug-likeness (QED) is 0.423. The molecule has 0 amide bonds. The van der Waals surface area contributed by atoms with Gasteiger partial charge < -0.3 is 24.1 Å². The number of carbonyl (C=O) groups is 2. The fourth-order valence-corrected chi connectivity index (χ4v) is 5.41. The minimum absolute atomic E-state index is 0.0200. The van der Waals surface area contributed by atoms with Crippen LogP contribution >= 0.6 is 0 Å². The zero-order chi connectivity index (χ0) is 23.2. The second-order valence-electron chi connectivity index (χ2n) is 10.1. The lowest BCUT2D eigenvalue weighted by Gasteiger charge is -2.24. The van der Waals surface area contributed by atoms with Crippen LogP contribution < -0.4 is 0 Å². The second-order valence-corrected chi connectivity index (χ2v) is 10.1. The maximum atomic E-state index is 12.7. The van der Waals surface area contributed by atoms with E-state index in [4.69, 9.17) is 14.2 Å². The van der Waals surface area contributed by atoms with Crippen LogP contribution in [0.1, 0.15) is 43.1 Å². The molecule has 2 aromatic rings. The summed E-state index contributed by atoms with van der Waals surface area (Å²) in [5, 5.41) is 0.985. The maximum absolute atomic E-state index is 12.7. The number of ether oxygens (including phenoxy) is 3. The molecule has 3 heterocycles. The molecule has 3 aliphatic rings. The Morgan fingerprint density at radius 2 is 2.12 bits per heavy atom. The highest BCUT2D eigenvalue weighted by molar-refractivity contribution is 5.94. The molecule has 7 heteroatoms. The first-order chi connectivity index (χ1) is 15.8. The average Bonchev–Trinajstić information content (AvgIpc) is 3.12. The van der Waals surface area contributed by atoms with Crippen LogP contribution in [0.25, 0.3) is 10.9 Å². The minimum atomic E-state index is -0.357. The number of rotatable bonds is 5. The fraction of sp³-hybridized carbons (Fsp3) is 0.538. The van der Waals surface area contributed by atoms with Gasteiger partial charge in [-0.2, -0.15) is 0 Å². The van der Waals surface area contributed by atoms with Crippen molar-refractivity contribution in [2.75, 3.05) is 27.2 Å². The van der Waals surface area contributed by atoms with Crippen LogP contribution in [0.5, 0.6) is 0 Å². The molecule has 2 fully saturated rings. The molecule has 1 aromatic heterocycles. The van der Waals surface area contributed by atoms with E-state index in [9.17, 15) is 9.59 Å². The van der Waals surface area contributed by atoms with Crippen molar-refractivity contribution < 1.29 is 23.8 Å². The van der Waals surface area contributed by atoms with Gasteiger partial charge in [0.25, 0.3) is 0 Å². The highest BCUT2D eigenvalue weighted by atomic mass is 16.6. The Hall–Kier alpha value is -2.64. The van der Waals surface area contributed by atoms with Gasteiger partial charge in [-0.25, -0.2) is 4.79 Å². The van der Waals surface area contributed by atoms with Gasteiger partial charge in [-0.3, -0.25) is 4.79 Å². The zero-order valence-corrected chi connectivity index (χ0v) is 19.5. The molecule has 0 radical (unpaired) electrons. The van der Waals surface area contributed by atoms with Crippen LogP contribution in [0, 0.1) is 11.8 Å². The molecular formula is C26H32N2O5. The number of hydrogen-bond donors (Lipinski definition) is 1. The van der Waals surface area contributed by atoms with E-state index in [0.717, 1.165) is 42.2 Å². The Morgan fingerprint density at radius 1 is 1.30 bits per heavy atom. The van der Waals surface area contributed by atoms with Gasteiger partial charge in [0.05, 0.1) is 11.5 Å². The molecule has 0 saturated carbocycles. The predicted molar refractivity (Wildman–Crippen MR) is 124 cm³/mol. The summed E-state index contributed by atoms with van der Waals surface area (Å²) in [4.78, 5) is 30.5. The van der Waals surface area contributed by atoms with Crippen molar-refractivity contribution in [1.29, 1.82) is 0 Å². The van der Waals surface area contributed by atoms with Crippen LogP contribution in [0.3, 0.4) is 0 Å². The van der Waals surface area contributed by atoms with Gasteiger partial charge in [0.1, 0.15) is 24.5 Å². The molecule has 0 spiro atoms. The number of esters is 2. The third kappa shape index (κ3) is 4.44. The number of para-hydroxylation sites is 1. The van der Waals surface area contributed by atoms with Gasteiger partial charge in [0.15, 0.2) is 0 Å². The van der Waals surface area contributed by atoms with Gasteiger partial charge in [-0.05, 0) is 64.4 Å². The van der Waals surface area contributed by atoms with Gasteiger partial charge in [0.2, 0.25) is 0 Å². The van der Waals surface area contributed by atoms with E-state index < -0.39 is 0 Å². The van der Waals surface area contributed by atoms with Crippen LogP contribution in [0.2, 0.25) is 0 Å². The molecule has 1 aromatic carbocycles. The van der Waals surface area contributed by atoms with Crippen LogP contribution in [-0.4, -0.2) is 66.9 Å². The molecule has 176 valence electrons. The molecule has 5 rings (SSSR count). The number of nitrogens with zero attached hydrogens (tertiary/aromatic N) is 1.